The second kappa shape index (κ2) is 5.46. The van der Waals surface area contributed by atoms with Crippen LogP contribution in [0.2, 0.25) is 5.02 Å². The van der Waals surface area contributed by atoms with Crippen molar-refractivity contribution in [2.24, 2.45) is 0 Å². The van der Waals surface area contributed by atoms with Crippen LogP contribution in [-0.4, -0.2) is 32.3 Å². The molecule has 0 amide bonds. The van der Waals surface area contributed by atoms with Gasteiger partial charge in [-0.1, -0.05) is 11.6 Å². The molecule has 1 saturated heterocycles. The van der Waals surface area contributed by atoms with Gasteiger partial charge in [-0.05, 0) is 18.6 Å². The van der Waals surface area contributed by atoms with Crippen molar-refractivity contribution in [3.63, 3.8) is 0 Å². The lowest BCUT2D eigenvalue weighted by Gasteiger charge is -2.17. The molecular formula is C12H15ClN2O3. The number of halogens is 1. The van der Waals surface area contributed by atoms with Crippen molar-refractivity contribution in [2.45, 2.75) is 12.5 Å². The van der Waals surface area contributed by atoms with Gasteiger partial charge < -0.3 is 20.5 Å². The lowest BCUT2D eigenvalue weighted by molar-refractivity contribution is 0.0602. The molecule has 0 saturated carbocycles. The predicted octanol–water partition coefficient (Wildman–Crippen LogP) is 1.91. The van der Waals surface area contributed by atoms with E-state index in [1.807, 2.05) is 0 Å². The van der Waals surface area contributed by atoms with E-state index < -0.39 is 5.97 Å². The van der Waals surface area contributed by atoms with E-state index >= 15 is 0 Å². The zero-order valence-corrected chi connectivity index (χ0v) is 10.8. The third kappa shape index (κ3) is 2.68. The third-order valence-corrected chi connectivity index (χ3v) is 3.09. The Morgan fingerprint density at radius 3 is 3.00 bits per heavy atom. The lowest BCUT2D eigenvalue weighted by Crippen LogP contribution is -2.21. The first-order valence-corrected chi connectivity index (χ1v) is 6.01. The molecule has 6 heteroatoms. The number of carbonyl (C=O) groups excluding carboxylic acids is 1. The molecule has 0 aliphatic carbocycles. The van der Waals surface area contributed by atoms with Crippen LogP contribution in [0.3, 0.4) is 0 Å². The van der Waals surface area contributed by atoms with E-state index in [0.717, 1.165) is 6.42 Å². The number of methoxy groups -OCH3 is 1. The van der Waals surface area contributed by atoms with Gasteiger partial charge in [-0.3, -0.25) is 0 Å². The van der Waals surface area contributed by atoms with Gasteiger partial charge in [0.05, 0.1) is 36.0 Å². The van der Waals surface area contributed by atoms with Crippen LogP contribution in [-0.2, 0) is 9.47 Å². The average molecular weight is 271 g/mol. The number of esters is 1. The molecule has 5 nitrogen and oxygen atoms in total. The fraction of sp³-hybridized carbons (Fsp3) is 0.417. The maximum atomic E-state index is 11.7. The van der Waals surface area contributed by atoms with Crippen LogP contribution in [0.4, 0.5) is 11.4 Å². The van der Waals surface area contributed by atoms with E-state index in [1.54, 1.807) is 12.1 Å². The van der Waals surface area contributed by atoms with Gasteiger partial charge in [0, 0.05) is 12.3 Å². The average Bonchev–Trinajstić information content (AvgIpc) is 2.84. The highest BCUT2D eigenvalue weighted by molar-refractivity contribution is 6.34. The number of nitrogen functional groups attached to an aromatic ring is 1. The van der Waals surface area contributed by atoms with Gasteiger partial charge in [0.15, 0.2) is 0 Å². The summed E-state index contributed by atoms with van der Waals surface area (Å²) in [6.07, 6.45) is 0.876. The number of hydrogen-bond acceptors (Lipinski definition) is 5. The minimum absolute atomic E-state index is 0.148. The van der Waals surface area contributed by atoms with E-state index in [2.05, 4.69) is 5.32 Å². The topological polar surface area (TPSA) is 73.6 Å². The molecule has 0 aromatic heterocycles. The van der Waals surface area contributed by atoms with Gasteiger partial charge in [-0.15, -0.1) is 0 Å². The first-order chi connectivity index (χ1) is 8.61. The molecular weight excluding hydrogens is 256 g/mol. The van der Waals surface area contributed by atoms with Crippen LogP contribution in [0.15, 0.2) is 12.1 Å². The maximum Gasteiger partial charge on any atom is 0.340 e. The summed E-state index contributed by atoms with van der Waals surface area (Å²) in [7, 11) is 1.32. The van der Waals surface area contributed by atoms with E-state index in [0.29, 0.717) is 35.2 Å². The molecule has 0 spiro atoms. The van der Waals surface area contributed by atoms with Crippen LogP contribution in [0.25, 0.3) is 0 Å². The summed E-state index contributed by atoms with van der Waals surface area (Å²) in [4.78, 5) is 11.7. The first-order valence-electron chi connectivity index (χ1n) is 5.63. The summed E-state index contributed by atoms with van der Waals surface area (Å²) in [5, 5.41) is 3.61. The smallest absolute Gasteiger partial charge is 0.340 e. The summed E-state index contributed by atoms with van der Waals surface area (Å²) in [5.74, 6) is -0.467. The predicted molar refractivity (Wildman–Crippen MR) is 70.1 cm³/mol. The molecule has 3 N–H and O–H groups in total. The second-order valence-corrected chi connectivity index (χ2v) is 4.53. The van der Waals surface area contributed by atoms with Gasteiger partial charge in [-0.2, -0.15) is 0 Å². The molecule has 1 unspecified atom stereocenters. The monoisotopic (exact) mass is 270 g/mol. The van der Waals surface area contributed by atoms with Gasteiger partial charge in [-0.25, -0.2) is 4.79 Å². The number of nitrogens with two attached hydrogens (primary N) is 1. The zero-order valence-electron chi connectivity index (χ0n) is 10.0. The van der Waals surface area contributed by atoms with Crippen LogP contribution < -0.4 is 11.1 Å². The highest BCUT2D eigenvalue weighted by Gasteiger charge is 2.21. The van der Waals surface area contributed by atoms with E-state index in [9.17, 15) is 4.79 Å². The van der Waals surface area contributed by atoms with Crippen LogP contribution in [0.5, 0.6) is 0 Å². The van der Waals surface area contributed by atoms with Crippen molar-refractivity contribution in [1.29, 1.82) is 0 Å². The zero-order chi connectivity index (χ0) is 13.1. The summed E-state index contributed by atoms with van der Waals surface area (Å²) in [6.45, 7) is 1.30. The molecule has 18 heavy (non-hydrogen) atoms. The summed E-state index contributed by atoms with van der Waals surface area (Å²) in [6, 6.07) is 3.30. The van der Waals surface area contributed by atoms with Crippen molar-refractivity contribution < 1.29 is 14.3 Å². The molecule has 1 aliphatic heterocycles. The van der Waals surface area contributed by atoms with Gasteiger partial charge in [0.25, 0.3) is 0 Å². The molecule has 98 valence electrons. The van der Waals surface area contributed by atoms with Gasteiger partial charge >= 0.3 is 5.97 Å². The summed E-state index contributed by atoms with van der Waals surface area (Å²) >= 11 is 6.12. The maximum absolute atomic E-state index is 11.7. The van der Waals surface area contributed by atoms with Crippen molar-refractivity contribution in [3.8, 4) is 0 Å². The number of hydrogen-bond donors (Lipinski definition) is 2. The fourth-order valence-corrected chi connectivity index (χ4v) is 2.18. The highest BCUT2D eigenvalue weighted by Crippen LogP contribution is 2.31. The Morgan fingerprint density at radius 2 is 2.39 bits per heavy atom. The highest BCUT2D eigenvalue weighted by atomic mass is 35.5. The Labute approximate surface area is 110 Å². The number of ether oxygens (including phenoxy) is 2. The van der Waals surface area contributed by atoms with Crippen LogP contribution in [0, 0.1) is 0 Å². The Hall–Kier alpha value is -1.46. The molecule has 1 atom stereocenters. The van der Waals surface area contributed by atoms with Crippen molar-refractivity contribution in [3.05, 3.63) is 22.7 Å². The molecule has 0 radical (unpaired) electrons. The lowest BCUT2D eigenvalue weighted by atomic mass is 10.1. The third-order valence-electron chi connectivity index (χ3n) is 2.80. The summed E-state index contributed by atoms with van der Waals surface area (Å²) < 4.78 is 10.0. The Bertz CT molecular complexity index is 459. The standard InChI is InChI=1S/C12H15ClN2O3/c1-17-12(16)9-4-7(14)5-10(13)11(9)15-8-2-3-18-6-8/h4-5,8,15H,2-3,6,14H2,1H3. The van der Waals surface area contributed by atoms with Gasteiger partial charge in [0.2, 0.25) is 0 Å². The van der Waals surface area contributed by atoms with E-state index in [1.165, 1.54) is 7.11 Å². The van der Waals surface area contributed by atoms with Crippen molar-refractivity contribution >= 4 is 28.9 Å². The van der Waals surface area contributed by atoms with E-state index in [4.69, 9.17) is 26.8 Å². The number of benzene rings is 1. The molecule has 1 aromatic rings. The largest absolute Gasteiger partial charge is 0.465 e. The first kappa shape index (κ1) is 13.0. The number of rotatable bonds is 3. The van der Waals surface area contributed by atoms with Crippen LogP contribution in [0.1, 0.15) is 16.8 Å². The molecule has 1 fully saturated rings. The van der Waals surface area contributed by atoms with Crippen molar-refractivity contribution in [1.82, 2.24) is 0 Å². The quantitative estimate of drug-likeness (QED) is 0.648. The Balaban J connectivity index is 2.33. The number of anilines is 2. The van der Waals surface area contributed by atoms with Crippen molar-refractivity contribution in [2.75, 3.05) is 31.4 Å². The second-order valence-electron chi connectivity index (χ2n) is 4.12. The molecule has 1 aliphatic rings. The molecule has 1 heterocycles. The Morgan fingerprint density at radius 1 is 1.61 bits per heavy atom. The van der Waals surface area contributed by atoms with E-state index in [-0.39, 0.29) is 6.04 Å². The minimum Gasteiger partial charge on any atom is -0.465 e. The summed E-state index contributed by atoms with van der Waals surface area (Å²) in [5.41, 5.74) is 7.00. The SMILES string of the molecule is COC(=O)c1cc(N)cc(Cl)c1NC1CCOC1. The normalized spacial score (nSPS) is 18.7. The van der Waals surface area contributed by atoms with Gasteiger partial charge in [0.1, 0.15) is 0 Å². The Kier molecular flexibility index (Phi) is 3.93. The molecule has 2 rings (SSSR count). The fourth-order valence-electron chi connectivity index (χ4n) is 1.90. The number of nitrogens with one attached hydrogen (secondary N) is 1. The molecule has 0 bridgehead atoms. The number of carbonyl (C=O) groups is 1. The molecule has 1 aromatic carbocycles. The minimum atomic E-state index is -0.467. The van der Waals surface area contributed by atoms with Crippen LogP contribution >= 0.6 is 11.6 Å².